The Hall–Kier alpha value is -0.920. The number of hydrogen-bond donors (Lipinski definition) is 0. The van der Waals surface area contributed by atoms with Crippen LogP contribution in [0.2, 0.25) is 0 Å². The summed E-state index contributed by atoms with van der Waals surface area (Å²) < 4.78 is 0. The van der Waals surface area contributed by atoms with Gasteiger partial charge in [0.05, 0.1) is 0 Å². The van der Waals surface area contributed by atoms with Crippen molar-refractivity contribution >= 4 is 12.1 Å². The Kier molecular flexibility index (Phi) is 5.63. The van der Waals surface area contributed by atoms with Crippen LogP contribution in [0.25, 0.3) is 0 Å². The molecule has 10 heavy (non-hydrogen) atoms. The third kappa shape index (κ3) is 5.22. The second kappa shape index (κ2) is 6.20. The topological polar surface area (TPSA) is 34.1 Å². The standard InChI is InChI=1S/C8H12O2/c1-2-8(10)6-4-3-5-7-9/h3,5,7H,2,4,6H2,1H3. The molecule has 0 aliphatic heterocycles. The van der Waals surface area contributed by atoms with Crippen molar-refractivity contribution in [3.05, 3.63) is 12.2 Å². The van der Waals surface area contributed by atoms with Gasteiger partial charge in [0.25, 0.3) is 0 Å². The zero-order valence-corrected chi connectivity index (χ0v) is 6.17. The van der Waals surface area contributed by atoms with E-state index in [1.54, 1.807) is 6.08 Å². The summed E-state index contributed by atoms with van der Waals surface area (Å²) in [5.74, 6) is 0.246. The summed E-state index contributed by atoms with van der Waals surface area (Å²) >= 11 is 0. The van der Waals surface area contributed by atoms with Crippen LogP contribution >= 0.6 is 0 Å². The first-order valence-corrected chi connectivity index (χ1v) is 3.43. The lowest BCUT2D eigenvalue weighted by atomic mass is 10.2. The van der Waals surface area contributed by atoms with Crippen molar-refractivity contribution in [1.82, 2.24) is 0 Å². The van der Waals surface area contributed by atoms with E-state index in [0.717, 1.165) is 6.29 Å². The number of aldehydes is 1. The fraction of sp³-hybridized carbons (Fsp3) is 0.500. The molecule has 0 aliphatic carbocycles. The average Bonchev–Trinajstić information content (AvgIpc) is 1.98. The van der Waals surface area contributed by atoms with E-state index < -0.39 is 0 Å². The zero-order valence-electron chi connectivity index (χ0n) is 6.17. The van der Waals surface area contributed by atoms with Gasteiger partial charge in [-0.2, -0.15) is 0 Å². The molecule has 2 heteroatoms. The van der Waals surface area contributed by atoms with E-state index in [4.69, 9.17) is 0 Å². The Balaban J connectivity index is 3.27. The highest BCUT2D eigenvalue weighted by Gasteiger charge is 1.93. The van der Waals surface area contributed by atoms with Gasteiger partial charge in [0.2, 0.25) is 0 Å². The molecular weight excluding hydrogens is 128 g/mol. The van der Waals surface area contributed by atoms with Gasteiger partial charge in [0, 0.05) is 12.8 Å². The molecule has 0 N–H and O–H groups in total. The molecule has 0 heterocycles. The zero-order chi connectivity index (χ0) is 7.82. The first-order valence-electron chi connectivity index (χ1n) is 3.43. The van der Waals surface area contributed by atoms with Crippen LogP contribution in [0.15, 0.2) is 12.2 Å². The average molecular weight is 140 g/mol. The summed E-state index contributed by atoms with van der Waals surface area (Å²) in [4.78, 5) is 20.4. The van der Waals surface area contributed by atoms with Gasteiger partial charge in [-0.3, -0.25) is 9.59 Å². The Bertz CT molecular complexity index is 136. The molecule has 2 nitrogen and oxygen atoms in total. The molecule has 0 unspecified atom stereocenters. The van der Waals surface area contributed by atoms with Crippen LogP contribution in [-0.2, 0) is 9.59 Å². The monoisotopic (exact) mass is 140 g/mol. The van der Waals surface area contributed by atoms with Gasteiger partial charge in [-0.1, -0.05) is 13.0 Å². The Labute approximate surface area is 60.9 Å². The van der Waals surface area contributed by atoms with E-state index in [1.807, 2.05) is 6.92 Å². The number of carbonyl (C=O) groups excluding carboxylic acids is 2. The minimum absolute atomic E-state index is 0.246. The van der Waals surface area contributed by atoms with Crippen LogP contribution in [0.5, 0.6) is 0 Å². The third-order valence-electron chi connectivity index (χ3n) is 1.20. The van der Waals surface area contributed by atoms with Crippen LogP contribution in [0, 0.1) is 0 Å². The van der Waals surface area contributed by atoms with Gasteiger partial charge in [-0.15, -0.1) is 0 Å². The maximum absolute atomic E-state index is 10.7. The van der Waals surface area contributed by atoms with Gasteiger partial charge in [0.15, 0.2) is 0 Å². The normalized spacial score (nSPS) is 10.1. The van der Waals surface area contributed by atoms with Gasteiger partial charge in [-0.05, 0) is 12.5 Å². The van der Waals surface area contributed by atoms with Gasteiger partial charge < -0.3 is 0 Å². The summed E-state index contributed by atoms with van der Waals surface area (Å²) in [6.07, 6.45) is 5.68. The van der Waals surface area contributed by atoms with Crippen molar-refractivity contribution in [3.8, 4) is 0 Å². The molecule has 0 amide bonds. The summed E-state index contributed by atoms with van der Waals surface area (Å²) in [7, 11) is 0. The molecule has 0 spiro atoms. The summed E-state index contributed by atoms with van der Waals surface area (Å²) in [5, 5.41) is 0. The lowest BCUT2D eigenvalue weighted by Crippen LogP contribution is -1.92. The lowest BCUT2D eigenvalue weighted by molar-refractivity contribution is -0.118. The van der Waals surface area contributed by atoms with E-state index in [9.17, 15) is 9.59 Å². The van der Waals surface area contributed by atoms with Crippen molar-refractivity contribution < 1.29 is 9.59 Å². The van der Waals surface area contributed by atoms with E-state index in [-0.39, 0.29) is 5.78 Å². The van der Waals surface area contributed by atoms with Crippen LogP contribution in [-0.4, -0.2) is 12.1 Å². The fourth-order valence-electron chi connectivity index (χ4n) is 0.573. The molecule has 0 aliphatic rings. The van der Waals surface area contributed by atoms with E-state index in [2.05, 4.69) is 0 Å². The molecule has 0 fully saturated rings. The van der Waals surface area contributed by atoms with E-state index in [1.165, 1.54) is 6.08 Å². The number of rotatable bonds is 5. The van der Waals surface area contributed by atoms with Crippen LogP contribution in [0.4, 0.5) is 0 Å². The Morgan fingerprint density at radius 1 is 1.50 bits per heavy atom. The second-order valence-electron chi connectivity index (χ2n) is 2.00. The fourth-order valence-corrected chi connectivity index (χ4v) is 0.573. The molecule has 0 aromatic heterocycles. The quantitative estimate of drug-likeness (QED) is 0.428. The molecule has 0 radical (unpaired) electrons. The lowest BCUT2D eigenvalue weighted by Gasteiger charge is -1.89. The number of Topliss-reactive ketones (excluding diaryl/α,β-unsaturated/α-hetero) is 1. The molecule has 0 saturated heterocycles. The predicted molar refractivity (Wildman–Crippen MR) is 39.7 cm³/mol. The molecule has 0 bridgehead atoms. The molecule has 0 aromatic carbocycles. The smallest absolute Gasteiger partial charge is 0.142 e. The maximum atomic E-state index is 10.7. The Morgan fingerprint density at radius 2 is 2.20 bits per heavy atom. The number of carbonyl (C=O) groups is 2. The van der Waals surface area contributed by atoms with Crippen molar-refractivity contribution in [3.63, 3.8) is 0 Å². The van der Waals surface area contributed by atoms with Crippen LogP contribution in [0.3, 0.4) is 0 Å². The van der Waals surface area contributed by atoms with Crippen molar-refractivity contribution in [2.75, 3.05) is 0 Å². The van der Waals surface area contributed by atoms with E-state index in [0.29, 0.717) is 19.3 Å². The molecule has 0 atom stereocenters. The van der Waals surface area contributed by atoms with Gasteiger partial charge in [0.1, 0.15) is 12.1 Å². The first kappa shape index (κ1) is 9.08. The number of hydrogen-bond acceptors (Lipinski definition) is 2. The molecular formula is C8H12O2. The number of ketones is 1. The Morgan fingerprint density at radius 3 is 2.70 bits per heavy atom. The molecule has 56 valence electrons. The SMILES string of the molecule is CCC(=O)CCC=CC=O. The third-order valence-corrected chi connectivity index (χ3v) is 1.20. The highest BCUT2D eigenvalue weighted by atomic mass is 16.1. The van der Waals surface area contributed by atoms with E-state index >= 15 is 0 Å². The molecule has 0 aromatic rings. The highest BCUT2D eigenvalue weighted by Crippen LogP contribution is 1.94. The first-order chi connectivity index (χ1) is 4.81. The predicted octanol–water partition coefficient (Wildman–Crippen LogP) is 1.50. The minimum Gasteiger partial charge on any atom is -0.300 e. The van der Waals surface area contributed by atoms with Crippen LogP contribution < -0.4 is 0 Å². The minimum atomic E-state index is 0.246. The van der Waals surface area contributed by atoms with Crippen LogP contribution in [0.1, 0.15) is 26.2 Å². The van der Waals surface area contributed by atoms with Crippen molar-refractivity contribution in [2.45, 2.75) is 26.2 Å². The second-order valence-corrected chi connectivity index (χ2v) is 2.00. The summed E-state index contributed by atoms with van der Waals surface area (Å²) in [6, 6.07) is 0. The maximum Gasteiger partial charge on any atom is 0.142 e. The summed E-state index contributed by atoms with van der Waals surface area (Å²) in [6.45, 7) is 1.84. The van der Waals surface area contributed by atoms with Gasteiger partial charge in [-0.25, -0.2) is 0 Å². The van der Waals surface area contributed by atoms with Crippen molar-refractivity contribution in [2.24, 2.45) is 0 Å². The number of allylic oxidation sites excluding steroid dienone is 2. The largest absolute Gasteiger partial charge is 0.300 e. The highest BCUT2D eigenvalue weighted by molar-refractivity contribution is 5.78. The van der Waals surface area contributed by atoms with Crippen molar-refractivity contribution in [1.29, 1.82) is 0 Å². The molecule has 0 saturated carbocycles. The van der Waals surface area contributed by atoms with Gasteiger partial charge >= 0.3 is 0 Å². The summed E-state index contributed by atoms with van der Waals surface area (Å²) in [5.41, 5.74) is 0. The molecule has 0 rings (SSSR count).